The molecule has 1 aromatic carbocycles. The van der Waals surface area contributed by atoms with Crippen molar-refractivity contribution < 1.29 is 19.4 Å². The summed E-state index contributed by atoms with van der Waals surface area (Å²) in [5, 5.41) is 8.67. The van der Waals surface area contributed by atoms with Gasteiger partial charge in [-0.1, -0.05) is 13.8 Å². The van der Waals surface area contributed by atoms with Gasteiger partial charge >= 0.3 is 49.7 Å². The summed E-state index contributed by atoms with van der Waals surface area (Å²) >= 11 is 0. The fourth-order valence-corrected chi connectivity index (χ4v) is 1.07. The third kappa shape index (κ3) is 5.52. The molecule has 0 radical (unpaired) electrons. The second-order valence-electron chi connectivity index (χ2n) is 3.87. The van der Waals surface area contributed by atoms with Crippen LogP contribution in [-0.4, -0.2) is 61.4 Å². The topological polar surface area (TPSA) is 63.6 Å². The maximum absolute atomic E-state index is 11.5. The molecule has 0 saturated carbocycles. The Bertz CT molecular complexity index is 384. The Morgan fingerprint density at radius 2 is 1.65 bits per heavy atom. The Labute approximate surface area is 130 Å². The number of carbonyl (C=O) groups excluding carboxylic acids is 1. The fraction of sp³-hybridized carbons (Fsp3) is 0.333. The molecule has 0 spiro atoms. The van der Waals surface area contributed by atoms with Crippen molar-refractivity contribution >= 4 is 49.7 Å². The van der Waals surface area contributed by atoms with Crippen molar-refractivity contribution in [2.75, 3.05) is 6.61 Å². The van der Waals surface area contributed by atoms with E-state index in [0.717, 1.165) is 0 Å². The van der Waals surface area contributed by atoms with Crippen molar-refractivity contribution in [3.63, 3.8) is 0 Å². The van der Waals surface area contributed by atoms with Gasteiger partial charge in [-0.05, 0) is 30.2 Å². The standard InChI is InChI=1S/C12H14O4.Ca.2H/c1-8(2)7-16-12(15)10-5-3-9(4-6-10)11(13)14;;;/h3-6,8H,7H2,1-2H3,(H,13,14);;;. The van der Waals surface area contributed by atoms with E-state index < -0.39 is 11.9 Å². The van der Waals surface area contributed by atoms with E-state index in [1.165, 1.54) is 24.3 Å². The van der Waals surface area contributed by atoms with Crippen LogP contribution in [0.25, 0.3) is 0 Å². The van der Waals surface area contributed by atoms with Crippen molar-refractivity contribution in [2.24, 2.45) is 5.92 Å². The molecule has 0 aliphatic rings. The first-order chi connectivity index (χ1) is 7.50. The second kappa shape index (κ2) is 7.69. The summed E-state index contributed by atoms with van der Waals surface area (Å²) in [6, 6.07) is 5.67. The van der Waals surface area contributed by atoms with Crippen molar-refractivity contribution in [1.82, 2.24) is 0 Å². The molecule has 0 unspecified atom stereocenters. The molecule has 1 N–H and O–H groups in total. The van der Waals surface area contributed by atoms with Gasteiger partial charge in [0.2, 0.25) is 0 Å². The van der Waals surface area contributed by atoms with Crippen LogP contribution in [0.4, 0.5) is 0 Å². The number of ether oxygens (including phenoxy) is 1. The van der Waals surface area contributed by atoms with Crippen LogP contribution >= 0.6 is 0 Å². The van der Waals surface area contributed by atoms with Crippen LogP contribution in [0.1, 0.15) is 34.6 Å². The van der Waals surface area contributed by atoms with Gasteiger partial charge in [-0.3, -0.25) is 0 Å². The van der Waals surface area contributed by atoms with Crippen LogP contribution in [-0.2, 0) is 4.74 Å². The van der Waals surface area contributed by atoms with Gasteiger partial charge in [0, 0.05) is 0 Å². The molecule has 1 aromatic rings. The van der Waals surface area contributed by atoms with Crippen LogP contribution in [0.5, 0.6) is 0 Å². The van der Waals surface area contributed by atoms with E-state index in [0.29, 0.717) is 12.2 Å². The molecule has 5 heteroatoms. The van der Waals surface area contributed by atoms with Gasteiger partial charge in [0.05, 0.1) is 17.7 Å². The molecule has 0 amide bonds. The molecule has 0 aliphatic heterocycles. The number of benzene rings is 1. The minimum atomic E-state index is -1.01. The van der Waals surface area contributed by atoms with E-state index in [-0.39, 0.29) is 49.2 Å². The van der Waals surface area contributed by atoms with Crippen molar-refractivity contribution in [2.45, 2.75) is 13.8 Å². The number of hydrogen-bond acceptors (Lipinski definition) is 3. The number of esters is 1. The first-order valence-electron chi connectivity index (χ1n) is 5.01. The van der Waals surface area contributed by atoms with Crippen molar-refractivity contribution in [1.29, 1.82) is 0 Å². The van der Waals surface area contributed by atoms with Crippen LogP contribution in [0.2, 0.25) is 0 Å². The fourth-order valence-electron chi connectivity index (χ4n) is 1.07. The molecular weight excluding hydrogens is 248 g/mol. The van der Waals surface area contributed by atoms with Crippen molar-refractivity contribution in [3.05, 3.63) is 35.4 Å². The normalized spacial score (nSPS) is 9.59. The number of rotatable bonds is 4. The van der Waals surface area contributed by atoms with Gasteiger partial charge in [-0.15, -0.1) is 0 Å². The molecule has 0 bridgehead atoms. The summed E-state index contributed by atoms with van der Waals surface area (Å²) in [4.78, 5) is 22.0. The molecule has 0 aromatic heterocycles. The maximum atomic E-state index is 11.5. The van der Waals surface area contributed by atoms with Gasteiger partial charge in [-0.25, -0.2) is 9.59 Å². The number of hydrogen-bond donors (Lipinski definition) is 1. The Morgan fingerprint density at radius 3 is 2.06 bits per heavy atom. The zero-order valence-electron chi connectivity index (χ0n) is 9.27. The van der Waals surface area contributed by atoms with E-state index in [2.05, 4.69) is 0 Å². The van der Waals surface area contributed by atoms with E-state index in [4.69, 9.17) is 9.84 Å². The van der Waals surface area contributed by atoms with Crippen LogP contribution in [0.15, 0.2) is 24.3 Å². The summed E-state index contributed by atoms with van der Waals surface area (Å²) in [6.07, 6.45) is 0. The van der Waals surface area contributed by atoms with Gasteiger partial charge in [0.1, 0.15) is 0 Å². The quantitative estimate of drug-likeness (QED) is 0.657. The molecule has 17 heavy (non-hydrogen) atoms. The van der Waals surface area contributed by atoms with E-state index in [1.807, 2.05) is 13.8 Å². The van der Waals surface area contributed by atoms with Crippen LogP contribution < -0.4 is 0 Å². The zero-order valence-corrected chi connectivity index (χ0v) is 9.27. The Hall–Kier alpha value is -0.580. The molecular formula is C12H16CaO4. The molecule has 0 fully saturated rings. The first-order valence-corrected chi connectivity index (χ1v) is 5.01. The SMILES string of the molecule is CC(C)COC(=O)c1ccc(C(=O)O)cc1.[CaH2]. The first kappa shape index (κ1) is 16.4. The molecule has 90 valence electrons. The van der Waals surface area contributed by atoms with Gasteiger partial charge in [0.15, 0.2) is 0 Å². The number of carbonyl (C=O) groups is 2. The van der Waals surface area contributed by atoms with E-state index >= 15 is 0 Å². The predicted octanol–water partition coefficient (Wildman–Crippen LogP) is 1.28. The van der Waals surface area contributed by atoms with Crippen molar-refractivity contribution in [3.8, 4) is 0 Å². The van der Waals surface area contributed by atoms with Gasteiger partial charge in [-0.2, -0.15) is 0 Å². The summed E-state index contributed by atoms with van der Waals surface area (Å²) in [6.45, 7) is 4.25. The molecule has 1 rings (SSSR count). The molecule has 0 heterocycles. The summed E-state index contributed by atoms with van der Waals surface area (Å²) in [7, 11) is 0. The third-order valence-electron chi connectivity index (χ3n) is 1.92. The zero-order chi connectivity index (χ0) is 12.1. The average Bonchev–Trinajstić information content (AvgIpc) is 2.26. The minimum absolute atomic E-state index is 0. The van der Waals surface area contributed by atoms with Crippen LogP contribution in [0, 0.1) is 5.92 Å². The van der Waals surface area contributed by atoms with E-state index in [9.17, 15) is 9.59 Å². The Balaban J connectivity index is 0.00000256. The molecule has 0 saturated heterocycles. The molecule has 0 atom stereocenters. The second-order valence-corrected chi connectivity index (χ2v) is 3.87. The third-order valence-corrected chi connectivity index (χ3v) is 1.92. The summed E-state index contributed by atoms with van der Waals surface area (Å²) < 4.78 is 5.00. The average molecular weight is 264 g/mol. The predicted molar refractivity (Wildman–Crippen MR) is 67.1 cm³/mol. The molecule has 4 nitrogen and oxygen atoms in total. The molecule has 0 aliphatic carbocycles. The van der Waals surface area contributed by atoms with E-state index in [1.54, 1.807) is 0 Å². The monoisotopic (exact) mass is 264 g/mol. The van der Waals surface area contributed by atoms with Gasteiger partial charge < -0.3 is 9.84 Å². The Morgan fingerprint density at radius 1 is 1.18 bits per heavy atom. The Kier molecular flexibility index (Phi) is 7.43. The van der Waals surface area contributed by atoms with Gasteiger partial charge in [0.25, 0.3) is 0 Å². The van der Waals surface area contributed by atoms with Crippen LogP contribution in [0.3, 0.4) is 0 Å². The number of carboxylic acid groups (broad SMARTS) is 1. The summed E-state index contributed by atoms with van der Waals surface area (Å²) in [5.41, 5.74) is 0.519. The number of carboxylic acids is 1. The number of aromatic carboxylic acids is 1. The summed E-state index contributed by atoms with van der Waals surface area (Å²) in [5.74, 6) is -1.16.